The van der Waals surface area contributed by atoms with E-state index in [1.807, 2.05) is 70.7 Å². The third-order valence-corrected chi connectivity index (χ3v) is 6.30. The molecule has 0 bridgehead atoms. The zero-order valence-electron chi connectivity index (χ0n) is 21.2. The van der Waals surface area contributed by atoms with Crippen LogP contribution in [-0.4, -0.2) is 42.9 Å². The normalized spacial score (nSPS) is 12.9. The molecule has 4 aromatic rings. The number of rotatable bonds is 8. The predicted molar refractivity (Wildman–Crippen MR) is 136 cm³/mol. The monoisotopic (exact) mass is 478 g/mol. The van der Waals surface area contributed by atoms with E-state index in [4.69, 9.17) is 4.74 Å². The van der Waals surface area contributed by atoms with Crippen LogP contribution in [-0.2, 0) is 20.0 Å². The number of aromatic nitrogens is 5. The highest BCUT2D eigenvalue weighted by molar-refractivity contribution is 5.69. The summed E-state index contributed by atoms with van der Waals surface area (Å²) < 4.78 is 9.94. The number of aromatic amines is 1. The molecule has 4 aromatic heterocycles. The lowest BCUT2D eigenvalue weighted by molar-refractivity contribution is 0.0575. The molecular weight excluding hydrogens is 444 g/mol. The molecule has 0 aromatic carbocycles. The van der Waals surface area contributed by atoms with E-state index < -0.39 is 6.10 Å². The van der Waals surface area contributed by atoms with Crippen molar-refractivity contribution in [3.63, 3.8) is 0 Å². The number of aliphatic hydroxyl groups excluding tert-OH is 1. The number of imidazole rings is 1. The smallest absolute Gasteiger partial charge is 0.250 e. The standard InChI is InChI=1S/C26H34N6O3/c1-16-19(23(30-31(16)6)24(34)26(2,3)4)11-12-35-25-20(8-10-22(33)29-25)17-7-9-21-28-14-18(13-27-5)32(21)15-17/h7-10,14-15,24,27,34H,11-13H2,1-6H3,(H,29,33). The molecule has 0 amide bonds. The Labute approximate surface area is 204 Å². The summed E-state index contributed by atoms with van der Waals surface area (Å²) in [5.74, 6) is 0.409. The van der Waals surface area contributed by atoms with Gasteiger partial charge in [0.1, 0.15) is 11.8 Å². The van der Waals surface area contributed by atoms with E-state index >= 15 is 0 Å². The first-order chi connectivity index (χ1) is 16.6. The third kappa shape index (κ3) is 5.01. The van der Waals surface area contributed by atoms with E-state index in [1.54, 1.807) is 10.7 Å². The highest BCUT2D eigenvalue weighted by Gasteiger charge is 2.29. The lowest BCUT2D eigenvalue weighted by atomic mass is 9.85. The van der Waals surface area contributed by atoms with Crippen LogP contribution in [0.5, 0.6) is 5.88 Å². The van der Waals surface area contributed by atoms with Crippen LogP contribution in [0.4, 0.5) is 0 Å². The van der Waals surface area contributed by atoms with E-state index in [9.17, 15) is 9.90 Å². The van der Waals surface area contributed by atoms with Gasteiger partial charge >= 0.3 is 0 Å². The Balaban J connectivity index is 1.61. The lowest BCUT2D eigenvalue weighted by Crippen LogP contribution is -2.20. The number of pyridine rings is 2. The molecule has 4 heterocycles. The van der Waals surface area contributed by atoms with Crippen molar-refractivity contribution in [3.05, 3.63) is 69.7 Å². The van der Waals surface area contributed by atoms with Gasteiger partial charge in [-0.1, -0.05) is 20.8 Å². The number of aryl methyl sites for hydroxylation is 1. The van der Waals surface area contributed by atoms with Crippen molar-refractivity contribution in [1.29, 1.82) is 0 Å². The molecule has 0 radical (unpaired) electrons. The molecular formula is C26H34N6O3. The maximum absolute atomic E-state index is 12.1. The van der Waals surface area contributed by atoms with Gasteiger partial charge in [-0.3, -0.25) is 14.5 Å². The summed E-state index contributed by atoms with van der Waals surface area (Å²) in [5, 5.41) is 18.6. The van der Waals surface area contributed by atoms with Crippen molar-refractivity contribution in [3.8, 4) is 17.0 Å². The largest absolute Gasteiger partial charge is 0.478 e. The molecule has 35 heavy (non-hydrogen) atoms. The van der Waals surface area contributed by atoms with Gasteiger partial charge in [-0.05, 0) is 37.6 Å². The van der Waals surface area contributed by atoms with Crippen molar-refractivity contribution in [1.82, 2.24) is 29.5 Å². The number of ether oxygens (including phenoxy) is 1. The lowest BCUT2D eigenvalue weighted by Gasteiger charge is -2.25. The second kappa shape index (κ2) is 9.67. The highest BCUT2D eigenvalue weighted by atomic mass is 16.5. The van der Waals surface area contributed by atoms with Gasteiger partial charge in [-0.2, -0.15) is 5.10 Å². The number of H-pyrrole nitrogens is 1. The maximum atomic E-state index is 12.1. The summed E-state index contributed by atoms with van der Waals surface area (Å²) in [6, 6.07) is 7.18. The Hall–Kier alpha value is -3.43. The Morgan fingerprint density at radius 2 is 2.00 bits per heavy atom. The van der Waals surface area contributed by atoms with Crippen LogP contribution >= 0.6 is 0 Å². The molecule has 1 unspecified atom stereocenters. The minimum absolute atomic E-state index is 0.232. The number of nitrogens with one attached hydrogen (secondary N) is 2. The number of fused-ring (bicyclic) bond motifs is 1. The van der Waals surface area contributed by atoms with Crippen molar-refractivity contribution < 1.29 is 9.84 Å². The molecule has 0 spiro atoms. The number of aliphatic hydroxyl groups is 1. The van der Waals surface area contributed by atoms with Crippen LogP contribution in [0.1, 0.15) is 49.5 Å². The van der Waals surface area contributed by atoms with E-state index in [2.05, 4.69) is 20.4 Å². The van der Waals surface area contributed by atoms with Crippen molar-refractivity contribution >= 4 is 5.65 Å². The molecule has 0 aliphatic heterocycles. The van der Waals surface area contributed by atoms with Gasteiger partial charge in [0.15, 0.2) is 0 Å². The fraction of sp³-hybridized carbons (Fsp3) is 0.423. The van der Waals surface area contributed by atoms with Crippen molar-refractivity contribution in [2.75, 3.05) is 13.7 Å². The summed E-state index contributed by atoms with van der Waals surface area (Å²) in [5.41, 5.74) is 5.62. The predicted octanol–water partition coefficient (Wildman–Crippen LogP) is 3.15. The van der Waals surface area contributed by atoms with Gasteiger partial charge in [0.05, 0.1) is 24.2 Å². The van der Waals surface area contributed by atoms with E-state index in [0.717, 1.165) is 33.7 Å². The molecule has 0 saturated heterocycles. The van der Waals surface area contributed by atoms with Crippen LogP contribution in [0.2, 0.25) is 0 Å². The molecule has 0 fully saturated rings. The number of hydrogen-bond donors (Lipinski definition) is 3. The van der Waals surface area contributed by atoms with E-state index in [-0.39, 0.29) is 11.0 Å². The Morgan fingerprint density at radius 3 is 2.71 bits per heavy atom. The molecule has 0 saturated carbocycles. The summed E-state index contributed by atoms with van der Waals surface area (Å²) >= 11 is 0. The molecule has 0 aliphatic rings. The van der Waals surface area contributed by atoms with Crippen LogP contribution < -0.4 is 15.6 Å². The fourth-order valence-corrected chi connectivity index (χ4v) is 4.17. The van der Waals surface area contributed by atoms with E-state index in [0.29, 0.717) is 31.1 Å². The number of nitrogens with zero attached hydrogens (tertiary/aromatic N) is 4. The minimum atomic E-state index is -0.696. The summed E-state index contributed by atoms with van der Waals surface area (Å²) in [4.78, 5) is 19.4. The zero-order chi connectivity index (χ0) is 25.3. The average Bonchev–Trinajstić information content (AvgIpc) is 3.33. The van der Waals surface area contributed by atoms with Gasteiger partial charge in [-0.15, -0.1) is 0 Å². The van der Waals surface area contributed by atoms with Crippen LogP contribution in [0.3, 0.4) is 0 Å². The molecule has 4 rings (SSSR count). The topological polar surface area (TPSA) is 109 Å². The van der Waals surface area contributed by atoms with Gasteiger partial charge < -0.3 is 19.6 Å². The molecule has 1 atom stereocenters. The van der Waals surface area contributed by atoms with Crippen molar-refractivity contribution in [2.45, 2.75) is 46.8 Å². The van der Waals surface area contributed by atoms with Crippen LogP contribution in [0, 0.1) is 12.3 Å². The van der Waals surface area contributed by atoms with Gasteiger partial charge in [0, 0.05) is 54.7 Å². The average molecular weight is 479 g/mol. The molecule has 186 valence electrons. The fourth-order valence-electron chi connectivity index (χ4n) is 4.17. The molecule has 3 N–H and O–H groups in total. The van der Waals surface area contributed by atoms with E-state index in [1.165, 1.54) is 6.07 Å². The Kier molecular flexibility index (Phi) is 6.82. The van der Waals surface area contributed by atoms with Crippen molar-refractivity contribution in [2.24, 2.45) is 12.5 Å². The first kappa shape index (κ1) is 24.7. The highest BCUT2D eigenvalue weighted by Crippen LogP contribution is 2.35. The van der Waals surface area contributed by atoms with Gasteiger partial charge in [-0.25, -0.2) is 4.98 Å². The molecule has 9 nitrogen and oxygen atoms in total. The quantitative estimate of drug-likeness (QED) is 0.359. The van der Waals surface area contributed by atoms with Gasteiger partial charge in [0.2, 0.25) is 5.88 Å². The summed E-state index contributed by atoms with van der Waals surface area (Å²) in [7, 11) is 3.77. The van der Waals surface area contributed by atoms with Crippen LogP contribution in [0.15, 0.2) is 41.5 Å². The Morgan fingerprint density at radius 1 is 1.23 bits per heavy atom. The summed E-state index contributed by atoms with van der Waals surface area (Å²) in [6.45, 7) is 8.96. The van der Waals surface area contributed by atoms with Crippen LogP contribution in [0.25, 0.3) is 16.8 Å². The second-order valence-electron chi connectivity index (χ2n) is 9.93. The number of hydrogen-bond acceptors (Lipinski definition) is 6. The summed E-state index contributed by atoms with van der Waals surface area (Å²) in [6.07, 6.45) is 3.70. The SMILES string of the molecule is CNCc1cnc2ccc(-c3ccc(=O)[nH]c3OCCc3c(C(O)C(C)(C)C)nn(C)c3C)cn12. The minimum Gasteiger partial charge on any atom is -0.478 e. The first-order valence-electron chi connectivity index (χ1n) is 11.8. The second-order valence-corrected chi connectivity index (χ2v) is 9.93. The molecule has 9 heteroatoms. The first-order valence-corrected chi connectivity index (χ1v) is 11.8. The maximum Gasteiger partial charge on any atom is 0.250 e. The third-order valence-electron chi connectivity index (χ3n) is 6.30. The van der Waals surface area contributed by atoms with Gasteiger partial charge in [0.25, 0.3) is 5.56 Å². The molecule has 0 aliphatic carbocycles. The zero-order valence-corrected chi connectivity index (χ0v) is 21.2. The Bertz CT molecular complexity index is 1390.